The number of nitrogens with zero attached hydrogens (tertiary/aromatic N) is 1. The number of carbonyl (C=O) groups is 2. The zero-order chi connectivity index (χ0) is 17.1. The first-order valence-corrected chi connectivity index (χ1v) is 9.54. The Balaban J connectivity index is 1.79. The molecule has 1 amide bonds. The molecule has 6 heteroatoms. The van der Waals surface area contributed by atoms with Gasteiger partial charge in [-0.3, -0.25) is 9.59 Å². The first kappa shape index (κ1) is 17.0. The number of fused-ring (bicyclic) bond motifs is 1. The van der Waals surface area contributed by atoms with Gasteiger partial charge in [0.2, 0.25) is 0 Å². The van der Waals surface area contributed by atoms with Crippen molar-refractivity contribution >= 4 is 35.0 Å². The molecule has 0 aliphatic carbocycles. The molecule has 0 spiro atoms. The van der Waals surface area contributed by atoms with Gasteiger partial charge in [0, 0.05) is 22.9 Å². The standard InChI is InChI=1S/C18H19NO3S2/c1-12(18(21)22-2)24-16-6-4-3-5-14(16)17(20)19-9-7-15-13(11-19)8-10-23-15/h3-6,8,10,12H,7,9,11H2,1-2H3. The second kappa shape index (κ2) is 7.40. The summed E-state index contributed by atoms with van der Waals surface area (Å²) in [7, 11) is 1.38. The van der Waals surface area contributed by atoms with Crippen molar-refractivity contribution in [1.29, 1.82) is 0 Å². The van der Waals surface area contributed by atoms with E-state index in [0.717, 1.165) is 17.9 Å². The van der Waals surface area contributed by atoms with Crippen molar-refractivity contribution in [3.8, 4) is 0 Å². The van der Waals surface area contributed by atoms with Gasteiger partial charge in [-0.25, -0.2) is 0 Å². The zero-order valence-electron chi connectivity index (χ0n) is 13.7. The minimum absolute atomic E-state index is 0.0204. The lowest BCUT2D eigenvalue weighted by Crippen LogP contribution is -2.35. The number of benzene rings is 1. The Kier molecular flexibility index (Phi) is 5.26. The maximum absolute atomic E-state index is 13.0. The Bertz CT molecular complexity index is 756. The highest BCUT2D eigenvalue weighted by Crippen LogP contribution is 2.30. The van der Waals surface area contributed by atoms with E-state index in [1.165, 1.54) is 29.3 Å². The van der Waals surface area contributed by atoms with Crippen LogP contribution in [0.2, 0.25) is 0 Å². The lowest BCUT2D eigenvalue weighted by Gasteiger charge is -2.28. The SMILES string of the molecule is COC(=O)C(C)Sc1ccccc1C(=O)N1CCc2sccc2C1. The van der Waals surface area contributed by atoms with Crippen molar-refractivity contribution in [2.24, 2.45) is 0 Å². The van der Waals surface area contributed by atoms with Crippen molar-refractivity contribution in [1.82, 2.24) is 4.90 Å². The van der Waals surface area contributed by atoms with Gasteiger partial charge >= 0.3 is 5.97 Å². The molecule has 3 rings (SSSR count). The number of carbonyl (C=O) groups excluding carboxylic acids is 2. The summed E-state index contributed by atoms with van der Waals surface area (Å²) in [5.74, 6) is -0.268. The van der Waals surface area contributed by atoms with Gasteiger partial charge in [0.05, 0.1) is 12.7 Å². The number of esters is 1. The highest BCUT2D eigenvalue weighted by molar-refractivity contribution is 8.00. The average molecular weight is 361 g/mol. The van der Waals surface area contributed by atoms with Gasteiger partial charge in [-0.05, 0) is 42.5 Å². The fourth-order valence-corrected chi connectivity index (χ4v) is 4.65. The summed E-state index contributed by atoms with van der Waals surface area (Å²) in [5, 5.41) is 1.73. The van der Waals surface area contributed by atoms with E-state index in [-0.39, 0.29) is 17.1 Å². The molecule has 1 aliphatic heterocycles. The number of thiophene rings is 1. The number of rotatable bonds is 4. The number of ether oxygens (including phenoxy) is 1. The molecule has 0 bridgehead atoms. The van der Waals surface area contributed by atoms with Crippen LogP contribution >= 0.6 is 23.1 Å². The van der Waals surface area contributed by atoms with E-state index >= 15 is 0 Å². The summed E-state index contributed by atoms with van der Waals surface area (Å²) in [6, 6.07) is 9.56. The molecule has 0 saturated heterocycles. The fourth-order valence-electron chi connectivity index (χ4n) is 2.74. The Morgan fingerprint density at radius 2 is 2.08 bits per heavy atom. The molecule has 0 fully saturated rings. The number of amides is 1. The van der Waals surface area contributed by atoms with Crippen molar-refractivity contribution in [3.05, 3.63) is 51.7 Å². The number of hydrogen-bond acceptors (Lipinski definition) is 5. The van der Waals surface area contributed by atoms with E-state index < -0.39 is 0 Å². The molecule has 1 unspecified atom stereocenters. The Morgan fingerprint density at radius 3 is 2.88 bits per heavy atom. The average Bonchev–Trinajstić information content (AvgIpc) is 3.08. The Hall–Kier alpha value is -1.79. The van der Waals surface area contributed by atoms with Crippen LogP contribution in [-0.4, -0.2) is 35.7 Å². The normalized spacial score (nSPS) is 14.8. The quantitative estimate of drug-likeness (QED) is 0.617. The van der Waals surface area contributed by atoms with Crippen LogP contribution in [0.3, 0.4) is 0 Å². The Morgan fingerprint density at radius 1 is 1.29 bits per heavy atom. The lowest BCUT2D eigenvalue weighted by atomic mass is 10.1. The summed E-state index contributed by atoms with van der Waals surface area (Å²) >= 11 is 3.12. The van der Waals surface area contributed by atoms with Gasteiger partial charge in [0.1, 0.15) is 5.25 Å². The minimum Gasteiger partial charge on any atom is -0.468 e. The van der Waals surface area contributed by atoms with E-state index in [9.17, 15) is 9.59 Å². The molecule has 0 radical (unpaired) electrons. The van der Waals surface area contributed by atoms with Crippen LogP contribution in [0.25, 0.3) is 0 Å². The van der Waals surface area contributed by atoms with Crippen LogP contribution in [0.1, 0.15) is 27.7 Å². The summed E-state index contributed by atoms with van der Waals surface area (Å²) in [6.07, 6.45) is 0.909. The van der Waals surface area contributed by atoms with Gasteiger partial charge < -0.3 is 9.64 Å². The van der Waals surface area contributed by atoms with E-state index in [4.69, 9.17) is 4.74 Å². The van der Waals surface area contributed by atoms with Crippen LogP contribution < -0.4 is 0 Å². The second-order valence-electron chi connectivity index (χ2n) is 5.63. The molecular weight excluding hydrogens is 342 g/mol. The topological polar surface area (TPSA) is 46.6 Å². The van der Waals surface area contributed by atoms with Crippen LogP contribution in [0, 0.1) is 0 Å². The van der Waals surface area contributed by atoms with Gasteiger partial charge in [-0.1, -0.05) is 12.1 Å². The van der Waals surface area contributed by atoms with Gasteiger partial charge in [0.15, 0.2) is 0 Å². The predicted octanol–water partition coefficient (Wildman–Crippen LogP) is 3.60. The van der Waals surface area contributed by atoms with Crippen LogP contribution in [0.15, 0.2) is 40.6 Å². The van der Waals surface area contributed by atoms with Crippen LogP contribution in [0.5, 0.6) is 0 Å². The van der Waals surface area contributed by atoms with Gasteiger partial charge in [-0.15, -0.1) is 23.1 Å². The van der Waals surface area contributed by atoms with Crippen molar-refractivity contribution in [2.75, 3.05) is 13.7 Å². The molecule has 126 valence electrons. The molecule has 4 nitrogen and oxygen atoms in total. The first-order chi connectivity index (χ1) is 11.6. The molecule has 1 aromatic carbocycles. The third-order valence-electron chi connectivity index (χ3n) is 4.05. The molecule has 2 aromatic rings. The largest absolute Gasteiger partial charge is 0.468 e. The lowest BCUT2D eigenvalue weighted by molar-refractivity contribution is -0.139. The fraction of sp³-hybridized carbons (Fsp3) is 0.333. The van der Waals surface area contributed by atoms with Gasteiger partial charge in [0.25, 0.3) is 5.91 Å². The molecule has 0 N–H and O–H groups in total. The molecule has 1 atom stereocenters. The number of hydrogen-bond donors (Lipinski definition) is 0. The van der Waals surface area contributed by atoms with Crippen molar-refractivity contribution < 1.29 is 14.3 Å². The number of thioether (sulfide) groups is 1. The van der Waals surface area contributed by atoms with E-state index in [0.29, 0.717) is 12.1 Å². The summed E-state index contributed by atoms with van der Waals surface area (Å²) in [6.45, 7) is 3.18. The summed E-state index contributed by atoms with van der Waals surface area (Å²) < 4.78 is 4.78. The summed E-state index contributed by atoms with van der Waals surface area (Å²) in [4.78, 5) is 28.7. The van der Waals surface area contributed by atoms with Crippen LogP contribution in [0.4, 0.5) is 0 Å². The first-order valence-electron chi connectivity index (χ1n) is 7.78. The third kappa shape index (κ3) is 3.49. The van der Waals surface area contributed by atoms with Gasteiger partial charge in [-0.2, -0.15) is 0 Å². The monoisotopic (exact) mass is 361 g/mol. The molecule has 24 heavy (non-hydrogen) atoms. The maximum Gasteiger partial charge on any atom is 0.318 e. The molecule has 1 aromatic heterocycles. The highest BCUT2D eigenvalue weighted by atomic mass is 32.2. The minimum atomic E-state index is -0.353. The molecule has 1 aliphatic rings. The molecule has 2 heterocycles. The zero-order valence-corrected chi connectivity index (χ0v) is 15.3. The Labute approximate surface area is 149 Å². The van der Waals surface area contributed by atoms with Crippen LogP contribution in [-0.2, 0) is 22.5 Å². The maximum atomic E-state index is 13.0. The summed E-state index contributed by atoms with van der Waals surface area (Å²) in [5.41, 5.74) is 1.89. The smallest absolute Gasteiger partial charge is 0.318 e. The third-order valence-corrected chi connectivity index (χ3v) is 6.23. The second-order valence-corrected chi connectivity index (χ2v) is 8.01. The van der Waals surface area contributed by atoms with E-state index in [2.05, 4.69) is 11.4 Å². The van der Waals surface area contributed by atoms with Crippen molar-refractivity contribution in [2.45, 2.75) is 30.0 Å². The highest BCUT2D eigenvalue weighted by Gasteiger charge is 2.25. The molecule has 0 saturated carbocycles. The molecular formula is C18H19NO3S2. The van der Waals surface area contributed by atoms with Crippen molar-refractivity contribution in [3.63, 3.8) is 0 Å². The van der Waals surface area contributed by atoms with E-state index in [1.807, 2.05) is 29.2 Å². The number of methoxy groups -OCH3 is 1. The predicted molar refractivity (Wildman–Crippen MR) is 96.5 cm³/mol. The van der Waals surface area contributed by atoms with E-state index in [1.54, 1.807) is 18.3 Å².